The van der Waals surface area contributed by atoms with Gasteiger partial charge in [0.05, 0.1) is 41.8 Å². The van der Waals surface area contributed by atoms with E-state index in [4.69, 9.17) is 0 Å². The summed E-state index contributed by atoms with van der Waals surface area (Å²) < 4.78 is 78.3. The molecule has 0 radical (unpaired) electrons. The number of hydrogen-bond acceptors (Lipinski definition) is 4. The Morgan fingerprint density at radius 2 is 1.85 bits per heavy atom. The Kier molecular flexibility index (Phi) is 5.57. The van der Waals surface area contributed by atoms with Gasteiger partial charge in [0.25, 0.3) is 0 Å². The average molecular weight is 471 g/mol. The number of fused-ring (bicyclic) bond motifs is 1. The monoisotopic (exact) mass is 471 g/mol. The van der Waals surface area contributed by atoms with Gasteiger partial charge < -0.3 is 5.32 Å². The fourth-order valence-electron chi connectivity index (χ4n) is 3.70. The molecule has 0 saturated heterocycles. The molecule has 1 aliphatic carbocycles. The molecule has 0 aliphatic heterocycles. The summed E-state index contributed by atoms with van der Waals surface area (Å²) in [5.74, 6) is -0.399. The van der Waals surface area contributed by atoms with E-state index in [1.165, 1.54) is 30.7 Å². The largest absolute Gasteiger partial charge is 0.408 e. The zero-order valence-electron chi connectivity index (χ0n) is 17.3. The molecule has 0 bridgehead atoms. The van der Waals surface area contributed by atoms with Crippen molar-refractivity contribution in [1.82, 2.24) is 25.1 Å². The van der Waals surface area contributed by atoms with Crippen LogP contribution in [0.1, 0.15) is 42.8 Å². The van der Waals surface area contributed by atoms with Crippen molar-refractivity contribution in [3.63, 3.8) is 0 Å². The molecule has 4 rings (SSSR count). The first kappa shape index (κ1) is 23.0. The lowest BCUT2D eigenvalue weighted by molar-refractivity contribution is -0.161. The maximum atomic E-state index is 13.2. The minimum atomic E-state index is -4.42. The number of pyridine rings is 2. The quantitative estimate of drug-likeness (QED) is 0.541. The molecule has 1 saturated carbocycles. The molecule has 0 unspecified atom stereocenters. The fourth-order valence-corrected chi connectivity index (χ4v) is 3.70. The van der Waals surface area contributed by atoms with E-state index >= 15 is 0 Å². The van der Waals surface area contributed by atoms with Crippen LogP contribution in [0.25, 0.3) is 10.9 Å². The van der Waals surface area contributed by atoms with Crippen LogP contribution < -0.4 is 5.32 Å². The first-order chi connectivity index (χ1) is 15.4. The Bertz CT molecular complexity index is 1160. The summed E-state index contributed by atoms with van der Waals surface area (Å²) in [6, 6.07) is 3.75. The van der Waals surface area contributed by atoms with Gasteiger partial charge in [0.2, 0.25) is 5.91 Å². The van der Waals surface area contributed by atoms with Crippen molar-refractivity contribution in [3.8, 4) is 0 Å². The van der Waals surface area contributed by atoms with Gasteiger partial charge in [-0.05, 0) is 37.5 Å². The summed E-state index contributed by atoms with van der Waals surface area (Å²) >= 11 is 0. The molecular formula is C21H19F6N5O. The maximum absolute atomic E-state index is 13.2. The molecule has 1 aliphatic rings. The number of rotatable bonds is 6. The van der Waals surface area contributed by atoms with Crippen molar-refractivity contribution in [2.24, 2.45) is 0 Å². The van der Waals surface area contributed by atoms with Gasteiger partial charge in [-0.2, -0.15) is 31.4 Å². The lowest BCUT2D eigenvalue weighted by Gasteiger charge is -2.18. The Balaban J connectivity index is 1.39. The van der Waals surface area contributed by atoms with Crippen molar-refractivity contribution in [2.75, 3.05) is 0 Å². The van der Waals surface area contributed by atoms with E-state index in [-0.39, 0.29) is 30.5 Å². The smallest absolute Gasteiger partial charge is 0.348 e. The summed E-state index contributed by atoms with van der Waals surface area (Å²) in [7, 11) is 0. The lowest BCUT2D eigenvalue weighted by atomic mass is 10.0. The van der Waals surface area contributed by atoms with Crippen molar-refractivity contribution >= 4 is 16.8 Å². The van der Waals surface area contributed by atoms with Crippen LogP contribution >= 0.6 is 0 Å². The molecule has 1 fully saturated rings. The zero-order valence-corrected chi connectivity index (χ0v) is 17.3. The van der Waals surface area contributed by atoms with E-state index in [1.54, 1.807) is 13.0 Å². The third kappa shape index (κ3) is 4.79. The fraction of sp³-hybridized carbons (Fsp3) is 0.429. The van der Waals surface area contributed by atoms with Crippen LogP contribution in [-0.4, -0.2) is 38.0 Å². The second-order valence-electron chi connectivity index (χ2n) is 8.18. The highest BCUT2D eigenvalue weighted by atomic mass is 19.4. The van der Waals surface area contributed by atoms with E-state index in [1.807, 2.05) is 0 Å². The number of alkyl halides is 6. The van der Waals surface area contributed by atoms with Gasteiger partial charge in [0.15, 0.2) is 0 Å². The standard InChI is InChI=1S/C21H19F6N5O/c1-12(15-7-14-9-30-32(11-20(22,23)24)16(14)10-28-15)31-18(33)6-13-2-3-17(29-8-13)19(4-5-19)21(25,26)27/h2-3,7-10,12H,4-6,11H2,1H3,(H,31,33)/t12-/m1/s1. The molecule has 33 heavy (non-hydrogen) atoms. The third-order valence-electron chi connectivity index (χ3n) is 5.67. The van der Waals surface area contributed by atoms with Crippen molar-refractivity contribution in [2.45, 2.75) is 56.5 Å². The number of hydrogen-bond donors (Lipinski definition) is 1. The van der Waals surface area contributed by atoms with E-state index in [0.29, 0.717) is 16.6 Å². The predicted octanol–water partition coefficient (Wildman–Crippen LogP) is 4.40. The van der Waals surface area contributed by atoms with E-state index in [9.17, 15) is 31.1 Å². The van der Waals surface area contributed by atoms with Crippen molar-refractivity contribution in [1.29, 1.82) is 0 Å². The van der Waals surface area contributed by atoms with Crippen LogP contribution in [0.3, 0.4) is 0 Å². The molecule has 176 valence electrons. The molecule has 1 amide bonds. The molecule has 0 aromatic carbocycles. The normalized spacial score (nSPS) is 16.6. The Morgan fingerprint density at radius 1 is 1.12 bits per heavy atom. The van der Waals surface area contributed by atoms with Crippen LogP contribution in [0, 0.1) is 0 Å². The van der Waals surface area contributed by atoms with E-state index in [2.05, 4.69) is 20.4 Å². The highest BCUT2D eigenvalue weighted by Gasteiger charge is 2.65. The Morgan fingerprint density at radius 3 is 2.42 bits per heavy atom. The maximum Gasteiger partial charge on any atom is 0.408 e. The Hall–Kier alpha value is -3.18. The second kappa shape index (κ2) is 7.99. The third-order valence-corrected chi connectivity index (χ3v) is 5.67. The minimum absolute atomic E-state index is 0.00724. The zero-order chi connectivity index (χ0) is 24.0. The first-order valence-corrected chi connectivity index (χ1v) is 10.1. The average Bonchev–Trinajstić information content (AvgIpc) is 3.45. The van der Waals surface area contributed by atoms with Crippen LogP contribution in [0.4, 0.5) is 26.3 Å². The highest BCUT2D eigenvalue weighted by molar-refractivity contribution is 5.80. The first-order valence-electron chi connectivity index (χ1n) is 10.1. The van der Waals surface area contributed by atoms with Gasteiger partial charge in [-0.25, -0.2) is 0 Å². The number of carbonyl (C=O) groups excluding carboxylic acids is 1. The van der Waals surface area contributed by atoms with Gasteiger partial charge in [0, 0.05) is 11.6 Å². The number of halogens is 6. The van der Waals surface area contributed by atoms with Gasteiger partial charge in [-0.3, -0.25) is 19.4 Å². The van der Waals surface area contributed by atoms with Gasteiger partial charge >= 0.3 is 12.4 Å². The molecule has 0 spiro atoms. The lowest BCUT2D eigenvalue weighted by Crippen LogP contribution is -2.30. The molecule has 12 heteroatoms. The molecular weight excluding hydrogens is 452 g/mol. The second-order valence-corrected chi connectivity index (χ2v) is 8.18. The summed E-state index contributed by atoms with van der Waals surface area (Å²) in [5.41, 5.74) is -0.820. The van der Waals surface area contributed by atoms with Crippen molar-refractivity contribution in [3.05, 3.63) is 53.7 Å². The Labute approximate surface area is 184 Å². The van der Waals surface area contributed by atoms with Crippen LogP contribution in [0.2, 0.25) is 0 Å². The summed E-state index contributed by atoms with van der Waals surface area (Å²) in [6.07, 6.45) is -5.03. The molecule has 1 atom stereocenters. The predicted molar refractivity (Wildman–Crippen MR) is 105 cm³/mol. The number of nitrogens with one attached hydrogen (secondary N) is 1. The van der Waals surface area contributed by atoms with Crippen molar-refractivity contribution < 1.29 is 31.1 Å². The molecule has 1 N–H and O–H groups in total. The van der Waals surface area contributed by atoms with E-state index in [0.717, 1.165) is 4.68 Å². The summed E-state index contributed by atoms with van der Waals surface area (Å²) in [6.45, 7) is 0.425. The van der Waals surface area contributed by atoms with Crippen LogP contribution in [-0.2, 0) is 23.2 Å². The van der Waals surface area contributed by atoms with Crippen LogP contribution in [0.5, 0.6) is 0 Å². The van der Waals surface area contributed by atoms with E-state index < -0.39 is 36.3 Å². The number of carbonyl (C=O) groups is 1. The van der Waals surface area contributed by atoms with Gasteiger partial charge in [-0.1, -0.05) is 6.07 Å². The molecule has 6 nitrogen and oxygen atoms in total. The number of amides is 1. The topological polar surface area (TPSA) is 72.7 Å². The molecule has 3 aromatic heterocycles. The molecule has 3 aromatic rings. The minimum Gasteiger partial charge on any atom is -0.348 e. The number of nitrogens with zero attached hydrogens (tertiary/aromatic N) is 4. The summed E-state index contributed by atoms with van der Waals surface area (Å²) in [5, 5.41) is 6.90. The van der Waals surface area contributed by atoms with Gasteiger partial charge in [-0.15, -0.1) is 0 Å². The SMILES string of the molecule is C[C@@H](NC(=O)Cc1ccc(C2(C(F)(F)F)CC2)nc1)c1cc2cnn(CC(F)(F)F)c2cn1. The molecule has 3 heterocycles. The van der Waals surface area contributed by atoms with Gasteiger partial charge in [0.1, 0.15) is 12.0 Å². The number of aromatic nitrogens is 4. The van der Waals surface area contributed by atoms with Crippen LogP contribution in [0.15, 0.2) is 36.8 Å². The summed E-state index contributed by atoms with van der Waals surface area (Å²) in [4.78, 5) is 20.5. The highest BCUT2D eigenvalue weighted by Crippen LogP contribution is 2.58.